The number of nitrogens with one attached hydrogen (secondary N) is 1. The molecule has 0 unspecified atom stereocenters. The van der Waals surface area contributed by atoms with Crippen LogP contribution in [-0.4, -0.2) is 50.3 Å². The molecule has 148 valence electrons. The van der Waals surface area contributed by atoms with Crippen molar-refractivity contribution >= 4 is 39.9 Å². The Morgan fingerprint density at radius 2 is 2.07 bits per heavy atom. The van der Waals surface area contributed by atoms with Crippen LogP contribution in [0.3, 0.4) is 0 Å². The number of allylic oxidation sites excluding steroid dienone is 4. The number of aldehydes is 1. The lowest BCUT2D eigenvalue weighted by atomic mass is 10.2. The van der Waals surface area contributed by atoms with Gasteiger partial charge in [0.1, 0.15) is 10.6 Å². The van der Waals surface area contributed by atoms with E-state index in [0.717, 1.165) is 44.9 Å². The second-order valence-corrected chi connectivity index (χ2v) is 7.25. The van der Waals surface area contributed by atoms with Crippen LogP contribution < -0.4 is 4.90 Å². The molecule has 0 atom stereocenters. The van der Waals surface area contributed by atoms with Crippen LogP contribution in [0.15, 0.2) is 54.1 Å². The normalized spacial score (nSPS) is 12.9. The Hall–Kier alpha value is -2.93. The summed E-state index contributed by atoms with van der Waals surface area (Å²) in [7, 11) is 5.81. The van der Waals surface area contributed by atoms with Gasteiger partial charge in [-0.3, -0.25) is 10.2 Å². The molecule has 1 aliphatic carbocycles. The van der Waals surface area contributed by atoms with E-state index in [0.29, 0.717) is 6.61 Å². The molecule has 0 fully saturated rings. The number of ether oxygens (including phenoxy) is 1. The number of carbonyl (C=O) groups excluding carboxylic acids is 1. The van der Waals surface area contributed by atoms with Gasteiger partial charge in [-0.15, -0.1) is 11.3 Å². The number of hydrogen-bond donors (Lipinski definition) is 1. The van der Waals surface area contributed by atoms with Gasteiger partial charge in [-0.2, -0.15) is 0 Å². The van der Waals surface area contributed by atoms with Gasteiger partial charge in [0, 0.05) is 44.1 Å². The number of nitrogens with zero attached hydrogens (tertiary/aromatic N) is 3. The molecule has 7 heteroatoms. The third-order valence-electron chi connectivity index (χ3n) is 4.01. The lowest BCUT2D eigenvalue weighted by Gasteiger charge is -2.12. The quantitative estimate of drug-likeness (QED) is 0.442. The van der Waals surface area contributed by atoms with Crippen molar-refractivity contribution < 1.29 is 9.53 Å². The summed E-state index contributed by atoms with van der Waals surface area (Å²) >= 11 is 1.42. The fourth-order valence-corrected chi connectivity index (χ4v) is 3.44. The summed E-state index contributed by atoms with van der Waals surface area (Å²) in [6.07, 6.45) is 12.8. The van der Waals surface area contributed by atoms with Crippen LogP contribution in [0.2, 0.25) is 0 Å². The van der Waals surface area contributed by atoms with E-state index in [-0.39, 0.29) is 0 Å². The van der Waals surface area contributed by atoms with E-state index in [2.05, 4.69) is 11.1 Å². The highest BCUT2D eigenvalue weighted by Crippen LogP contribution is 2.29. The molecule has 0 amide bonds. The first-order valence-corrected chi connectivity index (χ1v) is 9.77. The van der Waals surface area contributed by atoms with E-state index in [1.807, 2.05) is 63.3 Å². The highest BCUT2D eigenvalue weighted by Gasteiger charge is 2.07. The zero-order valence-electron chi connectivity index (χ0n) is 16.7. The van der Waals surface area contributed by atoms with Crippen molar-refractivity contribution in [2.24, 2.45) is 0 Å². The number of likely N-dealkylation sites (N-methyl/N-ethyl adjacent to an activating group) is 1. The van der Waals surface area contributed by atoms with E-state index in [1.54, 1.807) is 11.1 Å². The maximum Gasteiger partial charge on any atom is 0.160 e. The minimum Gasteiger partial charge on any atom is -0.494 e. The van der Waals surface area contributed by atoms with E-state index in [1.165, 1.54) is 17.7 Å². The second-order valence-electron chi connectivity index (χ2n) is 6.19. The number of anilines is 1. The van der Waals surface area contributed by atoms with Crippen LogP contribution >= 0.6 is 11.3 Å². The average molecular weight is 399 g/mol. The molecule has 1 aliphatic rings. The number of rotatable bonds is 6. The van der Waals surface area contributed by atoms with Gasteiger partial charge in [0.05, 0.1) is 17.8 Å². The van der Waals surface area contributed by atoms with Gasteiger partial charge in [0.25, 0.3) is 0 Å². The van der Waals surface area contributed by atoms with Crippen LogP contribution in [-0.2, 0) is 4.74 Å². The Balaban J connectivity index is 0.000000200. The molecule has 0 aliphatic heterocycles. The molecule has 2 heterocycles. The minimum atomic E-state index is 0.686. The molecule has 2 aromatic rings. The first kappa shape index (κ1) is 21.4. The molecule has 3 rings (SSSR count). The van der Waals surface area contributed by atoms with Crippen molar-refractivity contribution in [1.29, 1.82) is 5.41 Å². The number of carbonyl (C=O) groups is 1. The van der Waals surface area contributed by atoms with Gasteiger partial charge in [-0.1, -0.05) is 6.08 Å². The third-order valence-corrected chi connectivity index (χ3v) is 4.97. The fourth-order valence-electron chi connectivity index (χ4n) is 2.60. The van der Waals surface area contributed by atoms with Gasteiger partial charge in [0.2, 0.25) is 0 Å². The highest BCUT2D eigenvalue weighted by atomic mass is 32.1. The number of hydrogen-bond acceptors (Lipinski definition) is 6. The smallest absolute Gasteiger partial charge is 0.160 e. The number of aromatic nitrogens is 1. The Kier molecular flexibility index (Phi) is 7.95. The van der Waals surface area contributed by atoms with Gasteiger partial charge < -0.3 is 14.5 Å². The maximum absolute atomic E-state index is 10.6. The van der Waals surface area contributed by atoms with Gasteiger partial charge >= 0.3 is 0 Å². The number of pyridine rings is 1. The summed E-state index contributed by atoms with van der Waals surface area (Å²) in [6.45, 7) is 2.66. The molecule has 0 aromatic carbocycles. The third kappa shape index (κ3) is 5.53. The highest BCUT2D eigenvalue weighted by molar-refractivity contribution is 7.20. The van der Waals surface area contributed by atoms with Crippen molar-refractivity contribution in [3.8, 4) is 0 Å². The van der Waals surface area contributed by atoms with E-state index in [9.17, 15) is 4.79 Å². The average Bonchev–Trinajstić information content (AvgIpc) is 2.99. The van der Waals surface area contributed by atoms with Crippen LogP contribution in [0.1, 0.15) is 23.0 Å². The Morgan fingerprint density at radius 1 is 1.29 bits per heavy atom. The molecule has 0 saturated heterocycles. The largest absolute Gasteiger partial charge is 0.494 e. The molecule has 0 bridgehead atoms. The second kappa shape index (κ2) is 10.4. The van der Waals surface area contributed by atoms with E-state index >= 15 is 0 Å². The van der Waals surface area contributed by atoms with E-state index < -0.39 is 0 Å². The predicted molar refractivity (Wildman–Crippen MR) is 117 cm³/mol. The molecule has 2 aromatic heterocycles. The SMILES string of the molecule is CCOC1=CCC=C(N(C)C=N)C=C1.CN(C)c1ccnc2sc(C=O)cc12. The fraction of sp³-hybridized carbons (Fsp3) is 0.286. The predicted octanol–water partition coefficient (Wildman–Crippen LogP) is 4.46. The van der Waals surface area contributed by atoms with E-state index in [4.69, 9.17) is 10.1 Å². The molecule has 0 saturated carbocycles. The molecule has 0 spiro atoms. The van der Waals surface area contributed by atoms with Crippen molar-refractivity contribution in [3.05, 3.63) is 59.0 Å². The van der Waals surface area contributed by atoms with Crippen molar-refractivity contribution in [3.63, 3.8) is 0 Å². The Bertz CT molecular complexity index is 912. The summed E-state index contributed by atoms with van der Waals surface area (Å²) in [5.41, 5.74) is 2.12. The number of thiophene rings is 1. The molecule has 6 nitrogen and oxygen atoms in total. The van der Waals surface area contributed by atoms with Crippen molar-refractivity contribution in [2.75, 3.05) is 32.6 Å². The first-order chi connectivity index (χ1) is 13.5. The van der Waals surface area contributed by atoms with Crippen LogP contribution in [0.5, 0.6) is 0 Å². The number of fused-ring (bicyclic) bond motifs is 1. The van der Waals surface area contributed by atoms with Crippen LogP contribution in [0.4, 0.5) is 5.69 Å². The Morgan fingerprint density at radius 3 is 2.71 bits per heavy atom. The lowest BCUT2D eigenvalue weighted by molar-refractivity contribution is 0.112. The van der Waals surface area contributed by atoms with Gasteiger partial charge in [-0.25, -0.2) is 4.98 Å². The summed E-state index contributed by atoms with van der Waals surface area (Å²) < 4.78 is 5.39. The molecular formula is C21H26N4O2S. The zero-order chi connectivity index (χ0) is 20.5. The van der Waals surface area contributed by atoms with Crippen LogP contribution in [0, 0.1) is 5.41 Å². The molecule has 1 N–H and O–H groups in total. The van der Waals surface area contributed by atoms with Gasteiger partial charge in [0.15, 0.2) is 6.29 Å². The van der Waals surface area contributed by atoms with Crippen LogP contribution in [0.25, 0.3) is 10.2 Å². The summed E-state index contributed by atoms with van der Waals surface area (Å²) in [5, 5.41) is 8.17. The molecular weight excluding hydrogens is 372 g/mol. The van der Waals surface area contributed by atoms with Gasteiger partial charge in [-0.05, 0) is 43.7 Å². The zero-order valence-corrected chi connectivity index (χ0v) is 17.5. The topological polar surface area (TPSA) is 69.5 Å². The maximum atomic E-state index is 10.6. The van der Waals surface area contributed by atoms with Crippen molar-refractivity contribution in [1.82, 2.24) is 9.88 Å². The van der Waals surface area contributed by atoms with Crippen molar-refractivity contribution in [2.45, 2.75) is 13.3 Å². The Labute approximate surface area is 169 Å². The summed E-state index contributed by atoms with van der Waals surface area (Å²) in [6, 6.07) is 3.83. The summed E-state index contributed by atoms with van der Waals surface area (Å²) in [4.78, 5) is 20.3. The standard InChI is InChI=1S/C11H16N2O.C10H10N2OS/c1-3-14-11-6-4-5-10(7-8-11)13(2)9-12;1-12(2)9-3-4-11-10-8(9)5-7(6-13)14-10/h5-9,12H,3-4H2,1-2H3;3-6H,1-2H3. The lowest BCUT2D eigenvalue weighted by Crippen LogP contribution is -2.12. The molecule has 28 heavy (non-hydrogen) atoms. The minimum absolute atomic E-state index is 0.686. The first-order valence-electron chi connectivity index (χ1n) is 8.95. The molecule has 0 radical (unpaired) electrons. The monoisotopic (exact) mass is 398 g/mol. The summed E-state index contributed by atoms with van der Waals surface area (Å²) in [5.74, 6) is 0.900.